The lowest BCUT2D eigenvalue weighted by Crippen LogP contribution is -2.29. The van der Waals surface area contributed by atoms with Crippen LogP contribution in [0.3, 0.4) is 0 Å². The number of anilines is 1. The number of phenols is 1. The molecule has 1 fully saturated rings. The number of aromatic amines is 1. The third kappa shape index (κ3) is 4.88. The number of hydrogen-bond acceptors (Lipinski definition) is 5. The van der Waals surface area contributed by atoms with Gasteiger partial charge in [-0.15, -0.1) is 0 Å². The van der Waals surface area contributed by atoms with Crippen molar-refractivity contribution in [2.75, 3.05) is 18.0 Å². The first-order valence-corrected chi connectivity index (χ1v) is 13.2. The number of fused-ring (bicyclic) bond motifs is 1. The van der Waals surface area contributed by atoms with Gasteiger partial charge in [-0.05, 0) is 79.4 Å². The first-order valence-electron chi connectivity index (χ1n) is 11.7. The van der Waals surface area contributed by atoms with E-state index in [1.807, 2.05) is 6.07 Å². The van der Waals surface area contributed by atoms with Gasteiger partial charge < -0.3 is 20.3 Å². The third-order valence-electron chi connectivity index (χ3n) is 6.38. The average molecular weight is 490 g/mol. The zero-order valence-electron chi connectivity index (χ0n) is 19.2. The minimum absolute atomic E-state index is 0.136. The molecule has 1 aliphatic rings. The first-order chi connectivity index (χ1) is 16.9. The number of phenolic OH excluding ortho intramolecular Hbond substituents is 1. The molecule has 0 unspecified atom stereocenters. The van der Waals surface area contributed by atoms with Crippen molar-refractivity contribution in [3.8, 4) is 5.75 Å². The van der Waals surface area contributed by atoms with Crippen LogP contribution in [0.4, 0.5) is 5.69 Å². The fourth-order valence-electron chi connectivity index (χ4n) is 4.44. The van der Waals surface area contributed by atoms with E-state index in [1.165, 1.54) is 6.42 Å². The molecule has 0 atom stereocenters. The number of rotatable bonds is 6. The van der Waals surface area contributed by atoms with Crippen LogP contribution in [0.2, 0.25) is 0 Å². The minimum atomic E-state index is -3.65. The number of aromatic hydroxyl groups is 1. The zero-order valence-corrected chi connectivity index (χ0v) is 20.0. The van der Waals surface area contributed by atoms with Crippen molar-refractivity contribution in [1.82, 2.24) is 10.3 Å². The van der Waals surface area contributed by atoms with Gasteiger partial charge in [-0.2, -0.15) is 0 Å². The molecule has 0 aliphatic carbocycles. The highest BCUT2D eigenvalue weighted by Gasteiger charge is 2.20. The van der Waals surface area contributed by atoms with Gasteiger partial charge in [0.15, 0.2) is 0 Å². The van der Waals surface area contributed by atoms with Crippen molar-refractivity contribution < 1.29 is 18.3 Å². The molecule has 3 N–H and O–H groups in total. The zero-order chi connectivity index (χ0) is 24.4. The predicted octanol–water partition coefficient (Wildman–Crippen LogP) is 4.63. The Morgan fingerprint density at radius 1 is 0.914 bits per heavy atom. The Labute approximate surface area is 204 Å². The lowest BCUT2D eigenvalue weighted by molar-refractivity contribution is 0.0946. The highest BCUT2D eigenvalue weighted by Crippen LogP contribution is 2.27. The van der Waals surface area contributed by atoms with E-state index in [-0.39, 0.29) is 28.0 Å². The van der Waals surface area contributed by atoms with E-state index < -0.39 is 9.84 Å². The van der Waals surface area contributed by atoms with Gasteiger partial charge in [0.2, 0.25) is 9.84 Å². The summed E-state index contributed by atoms with van der Waals surface area (Å²) in [5.74, 6) is -0.149. The number of nitrogens with one attached hydrogen (secondary N) is 2. The maximum atomic E-state index is 13.2. The summed E-state index contributed by atoms with van der Waals surface area (Å²) in [5.41, 5.74) is 2.87. The monoisotopic (exact) mass is 489 g/mol. The number of nitrogens with zero attached hydrogens (tertiary/aromatic N) is 1. The fraction of sp³-hybridized carbons (Fsp3) is 0.222. The van der Waals surface area contributed by atoms with E-state index in [0.29, 0.717) is 5.69 Å². The molecule has 8 heteroatoms. The Balaban J connectivity index is 1.27. The molecule has 0 bridgehead atoms. The second-order valence-corrected chi connectivity index (χ2v) is 10.8. The van der Waals surface area contributed by atoms with Crippen molar-refractivity contribution in [1.29, 1.82) is 0 Å². The molecule has 1 aliphatic heterocycles. The van der Waals surface area contributed by atoms with Crippen molar-refractivity contribution in [3.63, 3.8) is 0 Å². The Hall–Kier alpha value is -3.78. The molecule has 180 valence electrons. The Morgan fingerprint density at radius 2 is 1.69 bits per heavy atom. The number of hydrogen-bond donors (Lipinski definition) is 3. The molecule has 1 amide bonds. The van der Waals surface area contributed by atoms with Crippen molar-refractivity contribution >= 4 is 32.3 Å². The van der Waals surface area contributed by atoms with Gasteiger partial charge in [-0.3, -0.25) is 4.79 Å². The molecule has 7 nitrogen and oxygen atoms in total. The first kappa shape index (κ1) is 23.0. The lowest BCUT2D eigenvalue weighted by Gasteiger charge is -2.29. The quantitative estimate of drug-likeness (QED) is 0.367. The number of sulfone groups is 1. The van der Waals surface area contributed by atoms with Gasteiger partial charge in [0.25, 0.3) is 5.91 Å². The predicted molar refractivity (Wildman–Crippen MR) is 136 cm³/mol. The smallest absolute Gasteiger partial charge is 0.267 e. The molecule has 0 saturated carbocycles. The van der Waals surface area contributed by atoms with Gasteiger partial charge >= 0.3 is 0 Å². The van der Waals surface area contributed by atoms with Gasteiger partial charge in [0.1, 0.15) is 11.4 Å². The molecule has 5 rings (SSSR count). The highest BCUT2D eigenvalue weighted by atomic mass is 32.2. The number of aromatic nitrogens is 1. The normalized spacial score (nSPS) is 14.2. The van der Waals surface area contributed by atoms with Gasteiger partial charge in [0.05, 0.1) is 9.79 Å². The van der Waals surface area contributed by atoms with Gasteiger partial charge in [0, 0.05) is 36.2 Å². The van der Waals surface area contributed by atoms with Gasteiger partial charge in [-0.25, -0.2) is 8.42 Å². The Bertz CT molecular complexity index is 1470. The van der Waals surface area contributed by atoms with Crippen LogP contribution in [0.25, 0.3) is 10.9 Å². The molecule has 3 aromatic carbocycles. The molecule has 1 aromatic heterocycles. The summed E-state index contributed by atoms with van der Waals surface area (Å²) >= 11 is 0. The van der Waals surface area contributed by atoms with Crippen LogP contribution in [0, 0.1) is 0 Å². The number of amides is 1. The highest BCUT2D eigenvalue weighted by molar-refractivity contribution is 7.91. The molecule has 1 saturated heterocycles. The number of H-pyrrole nitrogens is 1. The summed E-state index contributed by atoms with van der Waals surface area (Å²) in [6.07, 6.45) is 3.46. The van der Waals surface area contributed by atoms with Crippen LogP contribution in [0.1, 0.15) is 35.3 Å². The SMILES string of the molecule is O=C(NCc1ccc(S(=O)(=O)c2cccc(N3CCCCC3)c2)cc1)c1cc2cc(O)ccc2[nH]1. The van der Waals surface area contributed by atoms with Gasteiger partial charge in [-0.1, -0.05) is 18.2 Å². The maximum absolute atomic E-state index is 13.2. The topological polar surface area (TPSA) is 102 Å². The van der Waals surface area contributed by atoms with E-state index in [2.05, 4.69) is 15.2 Å². The van der Waals surface area contributed by atoms with Crippen LogP contribution in [0.15, 0.2) is 82.6 Å². The third-order valence-corrected chi connectivity index (χ3v) is 8.15. The molecular formula is C27H27N3O4S. The fourth-order valence-corrected chi connectivity index (χ4v) is 5.74. The second-order valence-electron chi connectivity index (χ2n) is 8.83. The van der Waals surface area contributed by atoms with Crippen LogP contribution in [-0.2, 0) is 16.4 Å². The Kier molecular flexibility index (Phi) is 6.21. The van der Waals surface area contributed by atoms with E-state index in [9.17, 15) is 18.3 Å². The van der Waals surface area contributed by atoms with Crippen molar-refractivity contribution in [2.45, 2.75) is 35.6 Å². The number of benzene rings is 3. The number of carbonyl (C=O) groups is 1. The number of piperidine rings is 1. The molecular weight excluding hydrogens is 462 g/mol. The summed E-state index contributed by atoms with van der Waals surface area (Å²) in [4.78, 5) is 18.3. The molecule has 0 spiro atoms. The molecule has 4 aromatic rings. The lowest BCUT2D eigenvalue weighted by atomic mass is 10.1. The summed E-state index contributed by atoms with van der Waals surface area (Å²) in [6, 6.07) is 20.3. The summed E-state index contributed by atoms with van der Waals surface area (Å²) < 4.78 is 26.5. The van der Waals surface area contributed by atoms with Crippen molar-refractivity contribution in [2.24, 2.45) is 0 Å². The number of carbonyl (C=O) groups excluding carboxylic acids is 1. The van der Waals surface area contributed by atoms with Crippen LogP contribution in [-0.4, -0.2) is 37.5 Å². The maximum Gasteiger partial charge on any atom is 0.267 e. The largest absolute Gasteiger partial charge is 0.508 e. The summed E-state index contributed by atoms with van der Waals surface area (Å²) in [7, 11) is -3.65. The van der Waals surface area contributed by atoms with E-state index >= 15 is 0 Å². The summed E-state index contributed by atoms with van der Waals surface area (Å²) in [5, 5.41) is 13.2. The molecule has 2 heterocycles. The minimum Gasteiger partial charge on any atom is -0.508 e. The van der Waals surface area contributed by atoms with E-state index in [0.717, 1.165) is 48.1 Å². The van der Waals surface area contributed by atoms with E-state index in [1.54, 1.807) is 66.7 Å². The second kappa shape index (κ2) is 9.46. The van der Waals surface area contributed by atoms with Crippen LogP contribution >= 0.6 is 0 Å². The van der Waals surface area contributed by atoms with Crippen LogP contribution < -0.4 is 10.2 Å². The van der Waals surface area contributed by atoms with Crippen molar-refractivity contribution in [3.05, 3.63) is 84.1 Å². The van der Waals surface area contributed by atoms with E-state index in [4.69, 9.17) is 0 Å². The Morgan fingerprint density at radius 3 is 2.46 bits per heavy atom. The molecule has 35 heavy (non-hydrogen) atoms. The standard InChI is InChI=1S/C27H27N3O4S/c31-22-9-12-25-20(15-22)16-26(29-25)27(32)28-18-19-7-10-23(11-8-19)35(33,34)24-6-4-5-21(17-24)30-13-2-1-3-14-30/h4-12,15-17,29,31H,1-3,13-14,18H2,(H,28,32). The summed E-state index contributed by atoms with van der Waals surface area (Å²) in [6.45, 7) is 2.15. The van der Waals surface area contributed by atoms with Crippen LogP contribution in [0.5, 0.6) is 5.75 Å². The average Bonchev–Trinajstić information content (AvgIpc) is 3.31. The molecule has 0 radical (unpaired) electrons.